The first-order valence-corrected chi connectivity index (χ1v) is 15.0. The molecule has 1 aromatic carbocycles. The highest BCUT2D eigenvalue weighted by atomic mass is 32.2. The molecule has 3 aromatic heterocycles. The lowest BCUT2D eigenvalue weighted by atomic mass is 10.2. The van der Waals surface area contributed by atoms with Crippen LogP contribution < -0.4 is 10.4 Å². The molecule has 216 valence electrons. The van der Waals surface area contributed by atoms with Gasteiger partial charge in [-0.25, -0.2) is 22.6 Å². The van der Waals surface area contributed by atoms with Crippen LogP contribution in [0.15, 0.2) is 34.2 Å². The van der Waals surface area contributed by atoms with Crippen molar-refractivity contribution in [3.63, 3.8) is 0 Å². The molecule has 40 heavy (non-hydrogen) atoms. The first kappa shape index (κ1) is 28.2. The first-order chi connectivity index (χ1) is 19.2. The van der Waals surface area contributed by atoms with Crippen LogP contribution >= 0.6 is 0 Å². The van der Waals surface area contributed by atoms with Gasteiger partial charge < -0.3 is 14.5 Å². The average Bonchev–Trinajstić information content (AvgIpc) is 3.61. The third-order valence-electron chi connectivity index (χ3n) is 6.91. The van der Waals surface area contributed by atoms with E-state index in [9.17, 15) is 13.2 Å². The molecule has 1 N–H and O–H groups in total. The van der Waals surface area contributed by atoms with Crippen molar-refractivity contribution in [2.24, 2.45) is 5.92 Å². The summed E-state index contributed by atoms with van der Waals surface area (Å²) in [5.74, 6) is 1.05. The summed E-state index contributed by atoms with van der Waals surface area (Å²) in [6, 6.07) is 4.80. The fourth-order valence-corrected chi connectivity index (χ4v) is 5.93. The van der Waals surface area contributed by atoms with Gasteiger partial charge in [-0.15, -0.1) is 10.2 Å². The van der Waals surface area contributed by atoms with Crippen LogP contribution in [0.3, 0.4) is 0 Å². The molecule has 0 spiro atoms. The van der Waals surface area contributed by atoms with Crippen molar-refractivity contribution in [1.82, 2.24) is 38.3 Å². The second kappa shape index (κ2) is 11.6. The number of hydrogen-bond acceptors (Lipinski definition) is 9. The van der Waals surface area contributed by atoms with E-state index >= 15 is 0 Å². The second-order valence-electron chi connectivity index (χ2n) is 10.4. The summed E-state index contributed by atoms with van der Waals surface area (Å²) >= 11 is 0. The van der Waals surface area contributed by atoms with Gasteiger partial charge in [0, 0.05) is 39.8 Å². The molecule has 0 amide bonds. The lowest BCUT2D eigenvalue weighted by molar-refractivity contribution is 0.0368. The van der Waals surface area contributed by atoms with Crippen LogP contribution in [0.5, 0.6) is 5.75 Å². The average molecular weight is 573 g/mol. The van der Waals surface area contributed by atoms with Crippen LogP contribution in [0.2, 0.25) is 0 Å². The molecule has 0 atom stereocenters. The number of benzene rings is 1. The number of morpholine rings is 1. The Morgan fingerprint density at radius 2 is 1.98 bits per heavy atom. The zero-order valence-electron chi connectivity index (χ0n) is 23.3. The van der Waals surface area contributed by atoms with Gasteiger partial charge in [0.05, 0.1) is 30.3 Å². The number of aromatic nitrogens is 6. The molecule has 1 aliphatic heterocycles. The summed E-state index contributed by atoms with van der Waals surface area (Å²) in [5.41, 5.74) is 1.49. The van der Waals surface area contributed by atoms with Crippen LogP contribution in [0.25, 0.3) is 28.2 Å². The molecule has 0 unspecified atom stereocenters. The zero-order chi connectivity index (χ0) is 28.4. The molecule has 1 fully saturated rings. The number of imidazole rings is 1. The predicted molar refractivity (Wildman–Crippen MR) is 150 cm³/mol. The number of fused-ring (bicyclic) bond motifs is 3. The van der Waals surface area contributed by atoms with Crippen molar-refractivity contribution in [2.75, 3.05) is 53.0 Å². The van der Waals surface area contributed by atoms with Gasteiger partial charge in [0.1, 0.15) is 23.4 Å². The highest BCUT2D eigenvalue weighted by Crippen LogP contribution is 2.33. The minimum Gasteiger partial charge on any atom is -0.493 e. The van der Waals surface area contributed by atoms with E-state index in [1.807, 2.05) is 20.8 Å². The molecule has 0 bridgehead atoms. The highest BCUT2D eigenvalue weighted by Gasteiger charge is 2.25. The molecular formula is C26H36N8O5S. The molecule has 5 rings (SSSR count). The molecule has 14 heteroatoms. The fourth-order valence-electron chi connectivity index (χ4n) is 4.74. The Morgan fingerprint density at radius 1 is 1.20 bits per heavy atom. The van der Waals surface area contributed by atoms with E-state index in [2.05, 4.69) is 20.1 Å². The molecule has 0 radical (unpaired) electrons. The van der Waals surface area contributed by atoms with Crippen molar-refractivity contribution < 1.29 is 17.9 Å². The lowest BCUT2D eigenvalue weighted by Gasteiger charge is -2.28. The van der Waals surface area contributed by atoms with Gasteiger partial charge in [-0.3, -0.25) is 9.47 Å². The number of H-pyrrole nitrogens is 1. The third kappa shape index (κ3) is 5.48. The maximum absolute atomic E-state index is 13.6. The third-order valence-corrected chi connectivity index (χ3v) is 8.76. The summed E-state index contributed by atoms with van der Waals surface area (Å²) in [5, 5.41) is 8.05. The van der Waals surface area contributed by atoms with E-state index in [1.54, 1.807) is 29.8 Å². The molecule has 1 aliphatic rings. The van der Waals surface area contributed by atoms with Crippen LogP contribution in [-0.2, 0) is 21.3 Å². The highest BCUT2D eigenvalue weighted by molar-refractivity contribution is 7.89. The fraction of sp³-hybridized carbons (Fsp3) is 0.538. The predicted octanol–water partition coefficient (Wildman–Crippen LogP) is 1.83. The zero-order valence-corrected chi connectivity index (χ0v) is 24.1. The van der Waals surface area contributed by atoms with E-state index in [0.717, 1.165) is 19.5 Å². The number of rotatable bonds is 11. The van der Waals surface area contributed by atoms with Crippen molar-refractivity contribution in [3.05, 3.63) is 35.0 Å². The summed E-state index contributed by atoms with van der Waals surface area (Å²) in [7, 11) is -2.21. The van der Waals surface area contributed by atoms with Crippen molar-refractivity contribution in [1.29, 1.82) is 0 Å². The molecule has 13 nitrogen and oxygen atoms in total. The van der Waals surface area contributed by atoms with Crippen LogP contribution in [0.1, 0.15) is 27.2 Å². The number of sulfonamides is 1. The Labute approximate surface area is 232 Å². The normalized spacial score (nSPS) is 15.2. The van der Waals surface area contributed by atoms with Gasteiger partial charge in [0.25, 0.3) is 0 Å². The Morgan fingerprint density at radius 3 is 2.70 bits per heavy atom. The topological polar surface area (TPSA) is 140 Å². The van der Waals surface area contributed by atoms with Gasteiger partial charge >= 0.3 is 5.69 Å². The van der Waals surface area contributed by atoms with Gasteiger partial charge in [-0.2, -0.15) is 4.31 Å². The minimum atomic E-state index is -3.80. The number of nitrogens with one attached hydrogen (secondary N) is 1. The van der Waals surface area contributed by atoms with Gasteiger partial charge in [0.2, 0.25) is 10.0 Å². The molecular weight excluding hydrogens is 536 g/mol. The Balaban J connectivity index is 1.57. The van der Waals surface area contributed by atoms with Gasteiger partial charge in [-0.1, -0.05) is 20.8 Å². The van der Waals surface area contributed by atoms with E-state index in [4.69, 9.17) is 14.5 Å². The molecule has 0 saturated carbocycles. The van der Waals surface area contributed by atoms with E-state index < -0.39 is 10.0 Å². The van der Waals surface area contributed by atoms with Crippen LogP contribution in [-0.4, -0.2) is 99.8 Å². The van der Waals surface area contributed by atoms with Crippen LogP contribution in [0.4, 0.5) is 0 Å². The number of nitrogens with zero attached hydrogens (tertiary/aromatic N) is 7. The summed E-state index contributed by atoms with van der Waals surface area (Å²) in [4.78, 5) is 23.6. The second-order valence-corrected chi connectivity index (χ2v) is 12.4. The first-order valence-electron chi connectivity index (χ1n) is 13.6. The summed E-state index contributed by atoms with van der Waals surface area (Å²) < 4.78 is 42.9. The van der Waals surface area contributed by atoms with E-state index in [0.29, 0.717) is 73.4 Å². The Hall–Kier alpha value is -3.33. The van der Waals surface area contributed by atoms with Crippen molar-refractivity contribution >= 4 is 26.8 Å². The van der Waals surface area contributed by atoms with Gasteiger partial charge in [0.15, 0.2) is 11.3 Å². The number of hydrogen-bond donors (Lipinski definition) is 1. The molecule has 0 aliphatic carbocycles. The minimum absolute atomic E-state index is 0.128. The standard InChI is InChI=1S/C26H36N8O5S/c1-5-12-39-21-7-6-19(40(36,37)31(4)8-9-32-10-13-38-14-11-32)15-20(21)23-28-22-24(29-23)33(16-18(2)3)26(35)34-17-27-30-25(22)34/h6-7,15,17-18H,5,8-14,16H2,1-4H3,(H,28,29). The number of ether oxygens (including phenoxy) is 2. The van der Waals surface area contributed by atoms with Crippen molar-refractivity contribution in [2.45, 2.75) is 38.6 Å². The monoisotopic (exact) mass is 572 g/mol. The quantitative estimate of drug-likeness (QED) is 0.285. The lowest BCUT2D eigenvalue weighted by Crippen LogP contribution is -2.41. The SMILES string of the molecule is CCCOc1ccc(S(=O)(=O)N(C)CCN2CCOCC2)cc1-c1nc2c([nH]1)c1nncn1c(=O)n2CC(C)C. The number of aromatic amines is 1. The maximum atomic E-state index is 13.6. The largest absolute Gasteiger partial charge is 0.493 e. The Kier molecular flexibility index (Phi) is 8.21. The molecule has 4 aromatic rings. The van der Waals surface area contributed by atoms with E-state index in [-0.39, 0.29) is 16.5 Å². The summed E-state index contributed by atoms with van der Waals surface area (Å²) in [6.07, 6.45) is 2.16. The number of likely N-dealkylation sites (N-methyl/N-ethyl adjacent to an activating group) is 1. The smallest absolute Gasteiger partial charge is 0.336 e. The van der Waals surface area contributed by atoms with Gasteiger partial charge in [-0.05, 0) is 30.5 Å². The van der Waals surface area contributed by atoms with E-state index in [1.165, 1.54) is 15.0 Å². The summed E-state index contributed by atoms with van der Waals surface area (Å²) in [6.45, 7) is 10.8. The van der Waals surface area contributed by atoms with Crippen molar-refractivity contribution in [3.8, 4) is 17.1 Å². The van der Waals surface area contributed by atoms with Crippen LogP contribution in [0, 0.1) is 5.92 Å². The molecule has 1 saturated heterocycles. The maximum Gasteiger partial charge on any atom is 0.336 e. The Bertz CT molecular complexity index is 1650. The molecule has 4 heterocycles.